The third-order valence-electron chi connectivity index (χ3n) is 2.62. The largest absolute Gasteiger partial charge is 0.383 e. The summed E-state index contributed by atoms with van der Waals surface area (Å²) in [6.07, 6.45) is 5.54. The molecule has 0 atom stereocenters. The predicted molar refractivity (Wildman–Crippen MR) is 72.5 cm³/mol. The van der Waals surface area contributed by atoms with Gasteiger partial charge >= 0.3 is 0 Å². The Hall–Kier alpha value is -1.56. The predicted octanol–water partition coefficient (Wildman–Crippen LogP) is 2.20. The van der Waals surface area contributed by atoms with Crippen molar-refractivity contribution in [1.29, 1.82) is 0 Å². The van der Waals surface area contributed by atoms with Crippen LogP contribution >= 0.6 is 11.8 Å². The third kappa shape index (κ3) is 2.64. The van der Waals surface area contributed by atoms with E-state index in [1.165, 1.54) is 11.8 Å². The lowest BCUT2D eigenvalue weighted by Gasteiger charge is -2.09. The molecular formula is C12H17N5S. The van der Waals surface area contributed by atoms with Gasteiger partial charge in [-0.2, -0.15) is 0 Å². The molecule has 0 saturated heterocycles. The van der Waals surface area contributed by atoms with Gasteiger partial charge in [-0.25, -0.2) is 15.0 Å². The van der Waals surface area contributed by atoms with E-state index in [-0.39, 0.29) is 0 Å². The van der Waals surface area contributed by atoms with Gasteiger partial charge in [-0.15, -0.1) is 0 Å². The molecule has 0 bridgehead atoms. The first-order valence-electron chi connectivity index (χ1n) is 5.90. The summed E-state index contributed by atoms with van der Waals surface area (Å²) in [5.74, 6) is 1.36. The highest BCUT2D eigenvalue weighted by molar-refractivity contribution is 7.99. The first-order chi connectivity index (χ1) is 8.61. The Morgan fingerprint density at radius 1 is 1.39 bits per heavy atom. The molecule has 6 heteroatoms. The molecule has 5 nitrogen and oxygen atoms in total. The third-order valence-corrected chi connectivity index (χ3v) is 3.79. The lowest BCUT2D eigenvalue weighted by Crippen LogP contribution is -2.04. The summed E-state index contributed by atoms with van der Waals surface area (Å²) < 4.78 is 1.96. The van der Waals surface area contributed by atoms with Crippen molar-refractivity contribution in [2.75, 3.05) is 5.73 Å². The summed E-state index contributed by atoms with van der Waals surface area (Å²) in [5.41, 5.74) is 6.85. The number of hydrogen-bond acceptors (Lipinski definition) is 5. The van der Waals surface area contributed by atoms with Gasteiger partial charge in [0.15, 0.2) is 5.16 Å². The summed E-state index contributed by atoms with van der Waals surface area (Å²) >= 11 is 1.52. The van der Waals surface area contributed by atoms with Gasteiger partial charge in [0, 0.05) is 31.4 Å². The number of rotatable bonds is 4. The van der Waals surface area contributed by atoms with E-state index in [2.05, 4.69) is 21.9 Å². The van der Waals surface area contributed by atoms with Crippen molar-refractivity contribution in [3.8, 4) is 0 Å². The monoisotopic (exact) mass is 263 g/mol. The zero-order valence-corrected chi connectivity index (χ0v) is 11.7. The van der Waals surface area contributed by atoms with Crippen LogP contribution < -0.4 is 5.73 Å². The summed E-state index contributed by atoms with van der Waals surface area (Å²) in [6, 6.07) is 0. The molecule has 0 saturated carbocycles. The molecule has 0 aliphatic carbocycles. The zero-order valence-electron chi connectivity index (χ0n) is 10.8. The molecule has 0 aliphatic heterocycles. The molecule has 0 unspecified atom stereocenters. The lowest BCUT2D eigenvalue weighted by atomic mass is 10.3. The second-order valence-corrected chi connectivity index (χ2v) is 5.08. The topological polar surface area (TPSA) is 69.6 Å². The van der Waals surface area contributed by atoms with Crippen LogP contribution in [0.4, 0.5) is 5.82 Å². The first-order valence-corrected chi connectivity index (χ1v) is 6.71. The second-order valence-electron chi connectivity index (χ2n) is 4.13. The van der Waals surface area contributed by atoms with Gasteiger partial charge in [0.05, 0.1) is 0 Å². The number of aromatic nitrogens is 4. The Morgan fingerprint density at radius 2 is 2.17 bits per heavy atom. The molecule has 2 N–H and O–H groups in total. The maximum absolute atomic E-state index is 5.93. The normalized spacial score (nSPS) is 10.8. The van der Waals surface area contributed by atoms with Crippen LogP contribution in [0.2, 0.25) is 0 Å². The van der Waals surface area contributed by atoms with Gasteiger partial charge in [0.2, 0.25) is 0 Å². The van der Waals surface area contributed by atoms with E-state index in [4.69, 9.17) is 5.73 Å². The summed E-state index contributed by atoms with van der Waals surface area (Å²) in [5, 5.41) is 1.79. The van der Waals surface area contributed by atoms with Gasteiger partial charge in [0.1, 0.15) is 16.7 Å². The van der Waals surface area contributed by atoms with Crippen molar-refractivity contribution in [2.45, 2.75) is 36.9 Å². The van der Waals surface area contributed by atoms with Crippen molar-refractivity contribution in [2.24, 2.45) is 7.05 Å². The molecule has 96 valence electrons. The van der Waals surface area contributed by atoms with Gasteiger partial charge in [0.25, 0.3) is 0 Å². The fourth-order valence-electron chi connectivity index (χ4n) is 1.53. The molecule has 0 fully saturated rings. The molecule has 2 heterocycles. The van der Waals surface area contributed by atoms with Crippen molar-refractivity contribution >= 4 is 17.6 Å². The Labute approximate surface area is 111 Å². The molecule has 2 rings (SSSR count). The smallest absolute Gasteiger partial charge is 0.174 e. The van der Waals surface area contributed by atoms with E-state index in [0.29, 0.717) is 5.82 Å². The molecule has 0 radical (unpaired) electrons. The van der Waals surface area contributed by atoms with Crippen molar-refractivity contribution in [1.82, 2.24) is 19.5 Å². The SMILES string of the molecule is CCCc1nc(N)c(C)c(Sc2nccn2C)n1. The minimum absolute atomic E-state index is 0.560. The number of nitrogens with two attached hydrogens (primary N) is 1. The Morgan fingerprint density at radius 3 is 2.78 bits per heavy atom. The van der Waals surface area contributed by atoms with E-state index in [1.54, 1.807) is 6.20 Å². The Bertz CT molecular complexity index is 549. The molecule has 18 heavy (non-hydrogen) atoms. The van der Waals surface area contributed by atoms with Crippen LogP contribution in [0.15, 0.2) is 22.6 Å². The van der Waals surface area contributed by atoms with Gasteiger partial charge < -0.3 is 10.3 Å². The Kier molecular flexibility index (Phi) is 3.86. The summed E-state index contributed by atoms with van der Waals surface area (Å²) in [6.45, 7) is 4.04. The fourth-order valence-corrected chi connectivity index (χ4v) is 2.43. The zero-order chi connectivity index (χ0) is 13.1. The lowest BCUT2D eigenvalue weighted by molar-refractivity contribution is 0.780. The average molecular weight is 263 g/mol. The van der Waals surface area contributed by atoms with Crippen LogP contribution in [0.3, 0.4) is 0 Å². The van der Waals surface area contributed by atoms with Crippen molar-refractivity contribution in [3.05, 3.63) is 23.8 Å². The molecule has 0 aromatic carbocycles. The van der Waals surface area contributed by atoms with Gasteiger partial charge in [-0.1, -0.05) is 6.92 Å². The quantitative estimate of drug-likeness (QED) is 0.856. The number of aryl methyl sites for hydroxylation is 2. The molecule has 2 aromatic heterocycles. The van der Waals surface area contributed by atoms with Crippen molar-refractivity contribution < 1.29 is 0 Å². The average Bonchev–Trinajstić information content (AvgIpc) is 2.72. The molecule has 2 aromatic rings. The highest BCUT2D eigenvalue weighted by atomic mass is 32.2. The standard InChI is InChI=1S/C12H17N5S/c1-4-5-9-15-10(13)8(2)11(16-9)18-12-14-6-7-17(12)3/h6-7H,4-5H2,1-3H3,(H2,13,15,16). The number of imidazole rings is 1. The van der Waals surface area contributed by atoms with Crippen LogP contribution in [0.5, 0.6) is 0 Å². The summed E-state index contributed by atoms with van der Waals surface area (Å²) in [7, 11) is 1.96. The second kappa shape index (κ2) is 5.39. The maximum atomic E-state index is 5.93. The first kappa shape index (κ1) is 12.9. The highest BCUT2D eigenvalue weighted by Crippen LogP contribution is 2.29. The van der Waals surface area contributed by atoms with E-state index in [0.717, 1.165) is 34.4 Å². The van der Waals surface area contributed by atoms with Gasteiger partial charge in [-0.3, -0.25) is 0 Å². The van der Waals surface area contributed by atoms with E-state index >= 15 is 0 Å². The van der Waals surface area contributed by atoms with Gasteiger partial charge in [-0.05, 0) is 25.1 Å². The van der Waals surface area contributed by atoms with Crippen LogP contribution in [0, 0.1) is 6.92 Å². The molecule has 0 spiro atoms. The highest BCUT2D eigenvalue weighted by Gasteiger charge is 2.12. The van der Waals surface area contributed by atoms with Crippen LogP contribution in [-0.4, -0.2) is 19.5 Å². The summed E-state index contributed by atoms with van der Waals surface area (Å²) in [4.78, 5) is 13.1. The Balaban J connectivity index is 2.34. The van der Waals surface area contributed by atoms with E-state index in [9.17, 15) is 0 Å². The van der Waals surface area contributed by atoms with Crippen molar-refractivity contribution in [3.63, 3.8) is 0 Å². The minimum atomic E-state index is 0.560. The number of nitrogens with zero attached hydrogens (tertiary/aromatic N) is 4. The molecule has 0 aliphatic rings. The van der Waals surface area contributed by atoms with E-state index < -0.39 is 0 Å². The maximum Gasteiger partial charge on any atom is 0.174 e. The minimum Gasteiger partial charge on any atom is -0.383 e. The number of anilines is 1. The van der Waals surface area contributed by atoms with Crippen LogP contribution in [0.25, 0.3) is 0 Å². The van der Waals surface area contributed by atoms with Crippen LogP contribution in [-0.2, 0) is 13.5 Å². The number of nitrogen functional groups attached to an aromatic ring is 1. The molecular weight excluding hydrogens is 246 g/mol. The fraction of sp³-hybridized carbons (Fsp3) is 0.417. The van der Waals surface area contributed by atoms with E-state index in [1.807, 2.05) is 24.7 Å². The number of hydrogen-bond donors (Lipinski definition) is 1. The molecule has 0 amide bonds. The van der Waals surface area contributed by atoms with Crippen LogP contribution in [0.1, 0.15) is 24.7 Å².